The lowest BCUT2D eigenvalue weighted by Gasteiger charge is -2.32. The maximum Gasteiger partial charge on any atom is 0.243 e. The number of amides is 1. The van der Waals surface area contributed by atoms with E-state index in [0.717, 1.165) is 49.7 Å². The van der Waals surface area contributed by atoms with Crippen molar-refractivity contribution in [3.63, 3.8) is 0 Å². The van der Waals surface area contributed by atoms with Crippen molar-refractivity contribution in [2.24, 2.45) is 5.92 Å². The van der Waals surface area contributed by atoms with Crippen LogP contribution >= 0.6 is 0 Å². The molecule has 5 nitrogen and oxygen atoms in total. The highest BCUT2D eigenvalue weighted by molar-refractivity contribution is 7.89. The van der Waals surface area contributed by atoms with Crippen LogP contribution in [0.1, 0.15) is 43.2 Å². The first kappa shape index (κ1) is 22.9. The van der Waals surface area contributed by atoms with Crippen LogP contribution in [-0.4, -0.2) is 49.7 Å². The van der Waals surface area contributed by atoms with Gasteiger partial charge in [0.2, 0.25) is 15.9 Å². The second-order valence-corrected chi connectivity index (χ2v) is 10.9. The number of sulfonamides is 1. The van der Waals surface area contributed by atoms with E-state index in [1.165, 1.54) is 6.07 Å². The Kier molecular flexibility index (Phi) is 7.26. The van der Waals surface area contributed by atoms with Crippen LogP contribution in [0.5, 0.6) is 0 Å². The number of nitrogens with zero attached hydrogens (tertiary/aromatic N) is 2. The molecule has 2 aliphatic heterocycles. The molecular formula is C25H31FN2O3S. The molecule has 2 heterocycles. The van der Waals surface area contributed by atoms with E-state index in [0.29, 0.717) is 37.0 Å². The third-order valence-corrected chi connectivity index (χ3v) is 8.53. The predicted octanol–water partition coefficient (Wildman–Crippen LogP) is 4.02. The Morgan fingerprint density at radius 2 is 1.59 bits per heavy atom. The van der Waals surface area contributed by atoms with Gasteiger partial charge in [-0.1, -0.05) is 30.7 Å². The van der Waals surface area contributed by atoms with E-state index in [2.05, 4.69) is 0 Å². The smallest absolute Gasteiger partial charge is 0.243 e. The van der Waals surface area contributed by atoms with Crippen LogP contribution in [0, 0.1) is 11.7 Å². The van der Waals surface area contributed by atoms with Gasteiger partial charge >= 0.3 is 0 Å². The van der Waals surface area contributed by atoms with Crippen LogP contribution in [-0.2, 0) is 27.7 Å². The van der Waals surface area contributed by atoms with Crippen molar-refractivity contribution >= 4 is 15.9 Å². The summed E-state index contributed by atoms with van der Waals surface area (Å²) in [6, 6.07) is 13.5. The Morgan fingerprint density at radius 1 is 0.906 bits per heavy atom. The van der Waals surface area contributed by atoms with Crippen LogP contribution in [0.2, 0.25) is 0 Å². The summed E-state index contributed by atoms with van der Waals surface area (Å²) in [7, 11) is -3.45. The van der Waals surface area contributed by atoms with Gasteiger partial charge in [-0.25, -0.2) is 12.8 Å². The van der Waals surface area contributed by atoms with Crippen LogP contribution < -0.4 is 0 Å². The van der Waals surface area contributed by atoms with Gasteiger partial charge in [-0.3, -0.25) is 4.79 Å². The zero-order chi connectivity index (χ0) is 22.6. The molecule has 172 valence electrons. The second kappa shape index (κ2) is 10.1. The highest BCUT2D eigenvalue weighted by atomic mass is 32.2. The first-order chi connectivity index (χ1) is 15.4. The summed E-state index contributed by atoms with van der Waals surface area (Å²) in [5.41, 5.74) is 1.84. The number of benzene rings is 2. The molecule has 2 aromatic rings. The van der Waals surface area contributed by atoms with Gasteiger partial charge in [0.25, 0.3) is 0 Å². The zero-order valence-electron chi connectivity index (χ0n) is 18.4. The van der Waals surface area contributed by atoms with E-state index in [4.69, 9.17) is 0 Å². The van der Waals surface area contributed by atoms with Crippen LogP contribution in [0.25, 0.3) is 0 Å². The van der Waals surface area contributed by atoms with Crippen molar-refractivity contribution in [1.82, 2.24) is 9.21 Å². The number of hydrogen-bond donors (Lipinski definition) is 0. The number of likely N-dealkylation sites (tertiary alicyclic amines) is 1. The lowest BCUT2D eigenvalue weighted by molar-refractivity contribution is -0.131. The first-order valence-corrected chi connectivity index (χ1v) is 13.0. The van der Waals surface area contributed by atoms with Gasteiger partial charge in [0.15, 0.2) is 0 Å². The molecule has 2 fully saturated rings. The lowest BCUT2D eigenvalue weighted by atomic mass is 9.90. The van der Waals surface area contributed by atoms with Gasteiger partial charge in [0.1, 0.15) is 5.82 Å². The van der Waals surface area contributed by atoms with E-state index in [1.807, 2.05) is 11.0 Å². The fourth-order valence-electron chi connectivity index (χ4n) is 4.70. The van der Waals surface area contributed by atoms with Crippen LogP contribution in [0.4, 0.5) is 4.39 Å². The summed E-state index contributed by atoms with van der Waals surface area (Å²) in [6.07, 6.45) is 5.83. The SMILES string of the molecule is O=C(Cc1ccc(S(=O)(=O)N2CCCCC2)cc1)N1CCC(Cc2cccc(F)c2)CC1. The summed E-state index contributed by atoms with van der Waals surface area (Å²) in [5.74, 6) is 0.325. The van der Waals surface area contributed by atoms with Crippen molar-refractivity contribution in [3.05, 3.63) is 65.5 Å². The normalized spacial score (nSPS) is 18.6. The first-order valence-electron chi connectivity index (χ1n) is 11.5. The van der Waals surface area contributed by atoms with Gasteiger partial charge in [0.05, 0.1) is 11.3 Å². The molecule has 32 heavy (non-hydrogen) atoms. The molecule has 4 rings (SSSR count). The van der Waals surface area contributed by atoms with Gasteiger partial charge in [0, 0.05) is 26.2 Å². The van der Waals surface area contributed by atoms with Crippen LogP contribution in [0.3, 0.4) is 0 Å². The minimum Gasteiger partial charge on any atom is -0.342 e. The maximum atomic E-state index is 13.4. The Morgan fingerprint density at radius 3 is 2.25 bits per heavy atom. The molecule has 0 aromatic heterocycles. The fraction of sp³-hybridized carbons (Fsp3) is 0.480. The highest BCUT2D eigenvalue weighted by Gasteiger charge is 2.26. The Labute approximate surface area is 190 Å². The monoisotopic (exact) mass is 458 g/mol. The molecule has 0 saturated carbocycles. The van der Waals surface area contributed by atoms with Gasteiger partial charge in [-0.15, -0.1) is 0 Å². The van der Waals surface area contributed by atoms with Crippen molar-refractivity contribution < 1.29 is 17.6 Å². The fourth-order valence-corrected chi connectivity index (χ4v) is 6.22. The minimum absolute atomic E-state index is 0.0702. The Balaban J connectivity index is 1.29. The summed E-state index contributed by atoms with van der Waals surface area (Å²) in [4.78, 5) is 14.9. The molecule has 2 aromatic carbocycles. The molecule has 0 aliphatic carbocycles. The average Bonchev–Trinajstić information content (AvgIpc) is 2.80. The third-order valence-electron chi connectivity index (χ3n) is 6.61. The van der Waals surface area contributed by atoms with E-state index >= 15 is 0 Å². The van der Waals surface area contributed by atoms with Gasteiger partial charge in [-0.2, -0.15) is 4.31 Å². The van der Waals surface area contributed by atoms with E-state index in [9.17, 15) is 17.6 Å². The summed E-state index contributed by atoms with van der Waals surface area (Å²) < 4.78 is 40.5. The number of hydrogen-bond acceptors (Lipinski definition) is 3. The zero-order valence-corrected chi connectivity index (χ0v) is 19.2. The molecule has 0 atom stereocenters. The van der Waals surface area contributed by atoms with E-state index in [-0.39, 0.29) is 18.1 Å². The number of carbonyl (C=O) groups excluding carboxylic acids is 1. The molecule has 0 radical (unpaired) electrons. The lowest BCUT2D eigenvalue weighted by Crippen LogP contribution is -2.39. The molecule has 0 bridgehead atoms. The predicted molar refractivity (Wildman–Crippen MR) is 122 cm³/mol. The van der Waals surface area contributed by atoms with Crippen molar-refractivity contribution in [3.8, 4) is 0 Å². The molecule has 1 amide bonds. The van der Waals surface area contributed by atoms with Crippen molar-refractivity contribution in [1.29, 1.82) is 0 Å². The van der Waals surface area contributed by atoms with Crippen molar-refractivity contribution in [2.45, 2.75) is 49.8 Å². The van der Waals surface area contributed by atoms with E-state index < -0.39 is 10.0 Å². The maximum absolute atomic E-state index is 13.4. The topological polar surface area (TPSA) is 57.7 Å². The Hall–Kier alpha value is -2.25. The van der Waals surface area contributed by atoms with E-state index in [1.54, 1.807) is 40.7 Å². The summed E-state index contributed by atoms with van der Waals surface area (Å²) in [5, 5.41) is 0. The third kappa shape index (κ3) is 5.56. The molecule has 7 heteroatoms. The second-order valence-electron chi connectivity index (χ2n) is 8.94. The quantitative estimate of drug-likeness (QED) is 0.657. The largest absolute Gasteiger partial charge is 0.342 e. The molecular weight excluding hydrogens is 427 g/mol. The number of carbonyl (C=O) groups is 1. The number of rotatable bonds is 6. The highest BCUT2D eigenvalue weighted by Crippen LogP contribution is 2.24. The minimum atomic E-state index is -3.45. The van der Waals surface area contributed by atoms with Crippen LogP contribution in [0.15, 0.2) is 53.4 Å². The average molecular weight is 459 g/mol. The Bertz CT molecular complexity index is 1030. The summed E-state index contributed by atoms with van der Waals surface area (Å²) in [6.45, 7) is 2.58. The van der Waals surface area contributed by atoms with Gasteiger partial charge in [-0.05, 0) is 73.4 Å². The molecule has 0 spiro atoms. The molecule has 0 N–H and O–H groups in total. The molecule has 2 aliphatic rings. The molecule has 0 unspecified atom stereocenters. The number of halogens is 1. The standard InChI is InChI=1S/C25H31FN2O3S/c26-23-6-4-5-22(18-23)17-21-11-15-27(16-12-21)25(29)19-20-7-9-24(10-8-20)32(30,31)28-13-2-1-3-14-28/h4-10,18,21H,1-3,11-17,19H2. The summed E-state index contributed by atoms with van der Waals surface area (Å²) >= 11 is 0. The van der Waals surface area contributed by atoms with Crippen molar-refractivity contribution in [2.75, 3.05) is 26.2 Å². The molecule has 2 saturated heterocycles. The van der Waals surface area contributed by atoms with Gasteiger partial charge < -0.3 is 4.90 Å². The number of piperidine rings is 2.